The first-order valence-corrected chi connectivity index (χ1v) is 33.7. The fourth-order valence-corrected chi connectivity index (χ4v) is 9.38. The number of nitrogens with zero attached hydrogens (tertiary/aromatic N) is 12. The van der Waals surface area contributed by atoms with Crippen LogP contribution in [0.3, 0.4) is 0 Å². The van der Waals surface area contributed by atoms with E-state index >= 15 is 0 Å². The van der Waals surface area contributed by atoms with Gasteiger partial charge in [-0.1, -0.05) is 67.6 Å². The molecule has 0 bridgehead atoms. The number of nitro groups is 4. The number of carboxylic acid groups (broad SMARTS) is 3. The number of hydrogen-bond donors (Lipinski definition) is 7. The van der Waals surface area contributed by atoms with Gasteiger partial charge in [0.25, 0.3) is 0 Å². The van der Waals surface area contributed by atoms with E-state index in [2.05, 4.69) is 30.6 Å². The highest BCUT2D eigenvalue weighted by molar-refractivity contribution is 5.92. The summed E-state index contributed by atoms with van der Waals surface area (Å²) in [6.07, 6.45) is 2.32. The van der Waals surface area contributed by atoms with Crippen molar-refractivity contribution in [3.05, 3.63) is 160 Å². The number of amides is 2. The quantitative estimate of drug-likeness (QED) is 0.00869. The standard InChI is InChI=1S/C23H30N4O7.C16H24N4O7.C12H14O4.C11H16N4O5.C6H10N4O2/c1-16-24-14-20(27(31)32)26(16)12-8-11-19(28)18(25-22(30)34-23(2,3)4)13-21(29)33-15-17-9-6-5-7-10-17;1-10-17-9-13(20(25)26)19(10)7-5-6-12(21)11(8-14(22)23)18-15(24)27-16(2,3)4;1-9(12(14)15)7-11(13)16-8-10-5-3-2-4-6-10;1-7-13-6-10(15(19)20)14(7)4-2-3-9(16)8(12)5-11(17)18;1-5-8-4-6(10(11)12)9(5)3-2-7/h5-7,9-10,14,18H,8,11-13,15H2,1-4H3,(H,25,30);9,11H,5-8H2,1-4H3,(H,18,24)(H,22,23);2-6,9H,7-8H2,1H3,(H,14,15);6,8H,2-5,12H2,1H3,(H,17,18);4H,2-3,7H2,1H3. The van der Waals surface area contributed by atoms with Gasteiger partial charge in [-0.2, -0.15) is 0 Å². The van der Waals surface area contributed by atoms with E-state index in [1.165, 1.54) is 31.4 Å². The van der Waals surface area contributed by atoms with Crippen LogP contribution in [0, 0.1) is 74.1 Å². The predicted octanol–water partition coefficient (Wildman–Crippen LogP) is 7.44. The average molecular weight is 1540 g/mol. The second kappa shape index (κ2) is 45.9. The number of rotatable bonds is 36. The van der Waals surface area contributed by atoms with E-state index in [1.807, 2.05) is 48.5 Å². The lowest BCUT2D eigenvalue weighted by molar-refractivity contribution is -0.392. The fourth-order valence-electron chi connectivity index (χ4n) is 9.38. The van der Waals surface area contributed by atoms with Crippen molar-refractivity contribution >= 4 is 82.7 Å². The van der Waals surface area contributed by atoms with Crippen molar-refractivity contribution < 1.29 is 102 Å². The van der Waals surface area contributed by atoms with Crippen molar-refractivity contribution in [1.29, 1.82) is 0 Å². The highest BCUT2D eigenvalue weighted by Gasteiger charge is 2.30. The maximum atomic E-state index is 12.8. The summed E-state index contributed by atoms with van der Waals surface area (Å²) < 4.78 is 26.1. The van der Waals surface area contributed by atoms with Crippen LogP contribution < -0.4 is 22.1 Å². The number of esters is 2. The van der Waals surface area contributed by atoms with Gasteiger partial charge in [0.05, 0.1) is 57.3 Å². The molecule has 0 fully saturated rings. The summed E-state index contributed by atoms with van der Waals surface area (Å²) >= 11 is 0. The third-order valence-corrected chi connectivity index (χ3v) is 14.7. The van der Waals surface area contributed by atoms with E-state index in [-0.39, 0.29) is 107 Å². The number of aryl methyl sites for hydroxylation is 4. The molecule has 109 heavy (non-hydrogen) atoms. The van der Waals surface area contributed by atoms with Crippen LogP contribution in [0.15, 0.2) is 85.5 Å². The molecule has 0 aliphatic carbocycles. The monoisotopic (exact) mass is 1530 g/mol. The smallest absolute Gasteiger partial charge is 0.408 e. The van der Waals surface area contributed by atoms with Gasteiger partial charge in [0, 0.05) is 53.5 Å². The molecule has 0 spiro atoms. The highest BCUT2D eigenvalue weighted by Crippen LogP contribution is 2.20. The van der Waals surface area contributed by atoms with Crippen molar-refractivity contribution in [2.45, 2.75) is 209 Å². The Balaban J connectivity index is 0.000000483. The molecule has 41 nitrogen and oxygen atoms in total. The molecule has 6 aromatic rings. The zero-order valence-electron chi connectivity index (χ0n) is 62.3. The Bertz CT molecular complexity index is 4060. The Labute approximate surface area is 624 Å². The Morgan fingerprint density at radius 1 is 0.477 bits per heavy atom. The van der Waals surface area contributed by atoms with E-state index in [0.29, 0.717) is 42.8 Å². The molecule has 2 aromatic carbocycles. The summed E-state index contributed by atoms with van der Waals surface area (Å²) in [7, 11) is 0. The number of carbonyl (C=O) groups is 10. The number of carbonyl (C=O) groups excluding carboxylic acids is 7. The minimum Gasteiger partial charge on any atom is -0.481 e. The number of carboxylic acids is 3. The number of Topliss-reactive ketones (excluding diaryl/α,β-unsaturated/α-hetero) is 3. The number of ketones is 3. The molecule has 0 radical (unpaired) electrons. The minimum atomic E-state index is -1.24. The lowest BCUT2D eigenvalue weighted by Crippen LogP contribution is -2.44. The number of aromatic nitrogens is 8. The fraction of sp³-hybridized carbons (Fsp3) is 0.500. The van der Waals surface area contributed by atoms with Gasteiger partial charge in [0.1, 0.15) is 73.6 Å². The molecule has 0 saturated heterocycles. The number of nitrogens with one attached hydrogen (secondary N) is 2. The number of imidazole rings is 4. The Hall–Kier alpha value is -12.3. The summed E-state index contributed by atoms with van der Waals surface area (Å²) in [6.45, 7) is 19.6. The Morgan fingerprint density at radius 2 is 0.780 bits per heavy atom. The molecule has 2 amide bonds. The van der Waals surface area contributed by atoms with Crippen LogP contribution in [0.4, 0.5) is 32.9 Å². The Morgan fingerprint density at radius 3 is 1.07 bits per heavy atom. The molecule has 0 saturated carbocycles. The molecule has 596 valence electrons. The van der Waals surface area contributed by atoms with Gasteiger partial charge >= 0.3 is 65.3 Å². The topological polar surface area (TPSA) is 588 Å². The maximum absolute atomic E-state index is 12.8. The molecule has 4 heterocycles. The van der Waals surface area contributed by atoms with Crippen molar-refractivity contribution in [1.82, 2.24) is 48.8 Å². The first-order valence-electron chi connectivity index (χ1n) is 33.7. The van der Waals surface area contributed by atoms with Gasteiger partial charge in [0.15, 0.2) is 34.9 Å². The molecule has 0 aliphatic heterocycles. The summed E-state index contributed by atoms with van der Waals surface area (Å²) in [4.78, 5) is 173. The SMILES string of the molecule is CC(CC(=O)OCc1ccccc1)C(=O)O.Cc1ncc([N+](=O)[O-])n1CCCC(=O)C(CC(=O)O)NC(=O)OC(C)(C)C.Cc1ncc([N+](=O)[O-])n1CCCC(=O)C(CC(=O)OCc1ccccc1)NC(=O)OC(C)(C)C.Cc1ncc([N+](=O)[O-])n1CCCC(=O)C(N)CC(=O)O.Cc1ncc([N+](=O)[O-])n1CCN. The lowest BCUT2D eigenvalue weighted by atomic mass is 10.0. The van der Waals surface area contributed by atoms with Crippen molar-refractivity contribution in [2.75, 3.05) is 6.54 Å². The van der Waals surface area contributed by atoms with Crippen LogP contribution in [0.25, 0.3) is 0 Å². The first kappa shape index (κ1) is 92.8. The van der Waals surface area contributed by atoms with Crippen LogP contribution in [0.2, 0.25) is 0 Å². The predicted molar refractivity (Wildman–Crippen MR) is 384 cm³/mol. The lowest BCUT2D eigenvalue weighted by Gasteiger charge is -2.23. The van der Waals surface area contributed by atoms with Gasteiger partial charge in [-0.25, -0.2) is 47.8 Å². The summed E-state index contributed by atoms with van der Waals surface area (Å²) in [5, 5.41) is 74.0. The molecular weight excluding hydrogens is 1440 g/mol. The molecular formula is C68H94N16O25. The maximum Gasteiger partial charge on any atom is 0.408 e. The van der Waals surface area contributed by atoms with E-state index in [9.17, 15) is 88.4 Å². The molecule has 4 atom stereocenters. The van der Waals surface area contributed by atoms with Crippen molar-refractivity contribution in [3.8, 4) is 0 Å². The van der Waals surface area contributed by atoms with Crippen molar-refractivity contribution in [3.63, 3.8) is 0 Å². The third kappa shape index (κ3) is 36.0. The number of hydrogen-bond acceptors (Lipinski definition) is 28. The molecule has 41 heteroatoms. The van der Waals surface area contributed by atoms with Crippen LogP contribution in [-0.4, -0.2) is 168 Å². The van der Waals surface area contributed by atoms with E-state index < -0.39 is 121 Å². The largest absolute Gasteiger partial charge is 0.481 e. The van der Waals surface area contributed by atoms with Gasteiger partial charge in [-0.05, 0) is 91.6 Å². The molecule has 6 rings (SSSR count). The number of aliphatic carboxylic acids is 3. The molecule has 0 aliphatic rings. The molecule has 4 aromatic heterocycles. The minimum absolute atomic E-state index is 0.00190. The third-order valence-electron chi connectivity index (χ3n) is 14.7. The van der Waals surface area contributed by atoms with Gasteiger partial charge in [0.2, 0.25) is 0 Å². The number of ether oxygens (including phenoxy) is 4. The first-order chi connectivity index (χ1) is 50.9. The van der Waals surface area contributed by atoms with Gasteiger partial charge in [-0.15, -0.1) is 0 Å². The molecule has 4 unspecified atom stereocenters. The average Bonchev–Trinajstić information content (AvgIpc) is 1.74. The van der Waals surface area contributed by atoms with Crippen molar-refractivity contribution in [2.24, 2.45) is 17.4 Å². The van der Waals surface area contributed by atoms with Crippen LogP contribution >= 0.6 is 0 Å². The van der Waals surface area contributed by atoms with Crippen LogP contribution in [0.1, 0.15) is 147 Å². The number of benzene rings is 2. The second-order valence-electron chi connectivity index (χ2n) is 25.9. The van der Waals surface area contributed by atoms with Crippen LogP contribution in [-0.2, 0) is 96.7 Å². The number of alkyl carbamates (subject to hydrolysis) is 2. The van der Waals surface area contributed by atoms with E-state index in [4.69, 9.17) is 45.7 Å². The van der Waals surface area contributed by atoms with E-state index in [1.54, 1.807) is 81.4 Å². The van der Waals surface area contributed by atoms with Gasteiger partial charge in [-0.3, -0.25) is 38.4 Å². The normalized spacial score (nSPS) is 11.9. The van der Waals surface area contributed by atoms with Crippen LogP contribution in [0.5, 0.6) is 0 Å². The summed E-state index contributed by atoms with van der Waals surface area (Å²) in [6, 6.07) is 14.9. The zero-order chi connectivity index (χ0) is 82.5. The number of nitrogens with two attached hydrogens (primary N) is 2. The second-order valence-corrected chi connectivity index (χ2v) is 25.9. The highest BCUT2D eigenvalue weighted by atomic mass is 16.6. The van der Waals surface area contributed by atoms with E-state index in [0.717, 1.165) is 29.7 Å². The zero-order valence-corrected chi connectivity index (χ0v) is 62.3. The van der Waals surface area contributed by atoms with Gasteiger partial charge < -0.3 is 96.8 Å². The molecule has 9 N–H and O–H groups in total. The summed E-state index contributed by atoms with van der Waals surface area (Å²) in [5.41, 5.74) is 10.8. The Kier molecular flexibility index (Phi) is 39.1. The summed E-state index contributed by atoms with van der Waals surface area (Å²) in [5.74, 6) is -4.99.